The quantitative estimate of drug-likeness (QED) is 0.148. The van der Waals surface area contributed by atoms with E-state index in [4.69, 9.17) is 9.47 Å². The van der Waals surface area contributed by atoms with Crippen LogP contribution in [0.25, 0.3) is 0 Å². The van der Waals surface area contributed by atoms with E-state index in [-0.39, 0.29) is 36.7 Å². The van der Waals surface area contributed by atoms with Gasteiger partial charge in [-0.1, -0.05) is 29.5 Å². The number of allylic oxidation sites excluding steroid dienone is 3. The van der Waals surface area contributed by atoms with Gasteiger partial charge in [0.1, 0.15) is 24.3 Å². The van der Waals surface area contributed by atoms with Gasteiger partial charge in [0, 0.05) is 24.7 Å². The van der Waals surface area contributed by atoms with Gasteiger partial charge in [0.25, 0.3) is 0 Å². The number of esters is 1. The molecule has 32 heavy (non-hydrogen) atoms. The van der Waals surface area contributed by atoms with Crippen LogP contribution in [0.3, 0.4) is 0 Å². The zero-order valence-electron chi connectivity index (χ0n) is 18.3. The van der Waals surface area contributed by atoms with Crippen molar-refractivity contribution in [3.8, 4) is 5.75 Å². The van der Waals surface area contributed by atoms with E-state index < -0.39 is 12.2 Å². The fourth-order valence-corrected chi connectivity index (χ4v) is 3.64. The number of hydrogen-bond acceptors (Lipinski definition) is 7. The number of carbonyl (C=O) groups excluding carboxylic acids is 1. The van der Waals surface area contributed by atoms with Crippen LogP contribution in [0.5, 0.6) is 5.75 Å². The summed E-state index contributed by atoms with van der Waals surface area (Å²) in [6, 6.07) is 5.50. The van der Waals surface area contributed by atoms with Crippen molar-refractivity contribution in [2.24, 2.45) is 17.0 Å². The normalized spacial score (nSPS) is 23.2. The van der Waals surface area contributed by atoms with E-state index in [1.807, 2.05) is 12.2 Å². The number of hydrogen-bond donors (Lipinski definition) is 3. The molecular formula is C24H32FNO6. The van der Waals surface area contributed by atoms with Crippen LogP contribution in [0.2, 0.25) is 0 Å². The Morgan fingerprint density at radius 2 is 2.06 bits per heavy atom. The number of unbranched alkanes of at least 4 members (excludes halogenated alkanes) is 1. The summed E-state index contributed by atoms with van der Waals surface area (Å²) in [4.78, 5) is 11.3. The molecule has 7 nitrogen and oxygen atoms in total. The van der Waals surface area contributed by atoms with E-state index in [1.54, 1.807) is 19.1 Å². The molecule has 4 atom stereocenters. The van der Waals surface area contributed by atoms with Crippen molar-refractivity contribution in [1.29, 1.82) is 0 Å². The lowest BCUT2D eigenvalue weighted by molar-refractivity contribution is -0.143. The lowest BCUT2D eigenvalue weighted by Gasteiger charge is -2.18. The molecule has 1 saturated carbocycles. The molecular weight excluding hydrogens is 417 g/mol. The molecule has 1 aromatic carbocycles. The van der Waals surface area contributed by atoms with Crippen LogP contribution in [0.4, 0.5) is 4.39 Å². The standard InChI is InChI=1S/C24H32FNO6/c1-2-31-24(29)8-6-4-3-5-7-21-20(22(26-30)15-23(21)28)14-11-18(27)16-32-19-12-9-17(25)10-13-19/h3,5,9-14,18,20-21,23,27-28,30H,2,4,6-8,15-16H2,1H3/b5-3+,14-11+,26-22-/t18-,20-,21-,23+/m1/s1. The molecule has 0 radical (unpaired) electrons. The van der Waals surface area contributed by atoms with Crippen LogP contribution in [-0.4, -0.2) is 52.5 Å². The van der Waals surface area contributed by atoms with E-state index in [1.165, 1.54) is 24.3 Å². The number of aliphatic hydroxyl groups is 2. The average Bonchev–Trinajstić information content (AvgIpc) is 3.08. The lowest BCUT2D eigenvalue weighted by atomic mass is 9.90. The van der Waals surface area contributed by atoms with Gasteiger partial charge < -0.3 is 24.9 Å². The molecule has 1 aliphatic carbocycles. The van der Waals surface area contributed by atoms with Gasteiger partial charge in [-0.15, -0.1) is 0 Å². The summed E-state index contributed by atoms with van der Waals surface area (Å²) in [6.07, 6.45) is 8.22. The molecule has 0 saturated heterocycles. The van der Waals surface area contributed by atoms with Gasteiger partial charge in [0.2, 0.25) is 0 Å². The molecule has 176 valence electrons. The fourth-order valence-electron chi connectivity index (χ4n) is 3.64. The maximum absolute atomic E-state index is 12.9. The first kappa shape index (κ1) is 25.5. The molecule has 0 aliphatic heterocycles. The highest BCUT2D eigenvalue weighted by molar-refractivity contribution is 5.90. The molecule has 0 amide bonds. The molecule has 1 aliphatic rings. The first-order valence-electron chi connectivity index (χ1n) is 10.9. The number of aliphatic hydroxyl groups excluding tert-OH is 2. The largest absolute Gasteiger partial charge is 0.491 e. The second-order valence-electron chi connectivity index (χ2n) is 7.67. The first-order chi connectivity index (χ1) is 15.4. The molecule has 1 aromatic rings. The number of rotatable bonds is 12. The SMILES string of the molecule is CCOC(=O)CCC/C=C/C[C@H]1[C@@H](O)C/C(=N/O)[C@@H]1/C=C/[C@@H](O)COc1ccc(F)cc1. The Morgan fingerprint density at radius 3 is 2.75 bits per heavy atom. The van der Waals surface area contributed by atoms with E-state index in [2.05, 4.69) is 5.16 Å². The highest BCUT2D eigenvalue weighted by atomic mass is 19.1. The summed E-state index contributed by atoms with van der Waals surface area (Å²) in [5.74, 6) is -0.641. The summed E-state index contributed by atoms with van der Waals surface area (Å²) < 4.78 is 23.3. The van der Waals surface area contributed by atoms with Crippen molar-refractivity contribution in [1.82, 2.24) is 0 Å². The zero-order chi connectivity index (χ0) is 23.3. The van der Waals surface area contributed by atoms with Crippen molar-refractivity contribution >= 4 is 11.7 Å². The van der Waals surface area contributed by atoms with E-state index in [9.17, 15) is 24.6 Å². The van der Waals surface area contributed by atoms with Crippen LogP contribution in [0.1, 0.15) is 39.0 Å². The van der Waals surface area contributed by atoms with E-state index in [0.29, 0.717) is 37.3 Å². The summed E-state index contributed by atoms with van der Waals surface area (Å²) in [6.45, 7) is 2.14. The Bertz CT molecular complexity index is 792. The molecule has 0 unspecified atom stereocenters. The molecule has 0 bridgehead atoms. The fraction of sp³-hybridized carbons (Fsp3) is 0.500. The number of nitrogens with zero attached hydrogens (tertiary/aromatic N) is 1. The minimum Gasteiger partial charge on any atom is -0.491 e. The predicted octanol–water partition coefficient (Wildman–Crippen LogP) is 3.63. The van der Waals surface area contributed by atoms with Gasteiger partial charge in [0.15, 0.2) is 0 Å². The third-order valence-electron chi connectivity index (χ3n) is 5.29. The number of oxime groups is 1. The van der Waals surface area contributed by atoms with Crippen LogP contribution in [0, 0.1) is 17.7 Å². The predicted molar refractivity (Wildman–Crippen MR) is 118 cm³/mol. The van der Waals surface area contributed by atoms with E-state index >= 15 is 0 Å². The van der Waals surface area contributed by atoms with Crippen LogP contribution >= 0.6 is 0 Å². The van der Waals surface area contributed by atoms with Crippen molar-refractivity contribution in [2.75, 3.05) is 13.2 Å². The van der Waals surface area contributed by atoms with Gasteiger partial charge in [-0.05, 0) is 50.5 Å². The highest BCUT2D eigenvalue weighted by Gasteiger charge is 2.38. The number of ether oxygens (including phenoxy) is 2. The maximum Gasteiger partial charge on any atom is 0.305 e. The Kier molecular flexibility index (Phi) is 10.9. The van der Waals surface area contributed by atoms with Gasteiger partial charge in [0.05, 0.1) is 18.4 Å². The Balaban J connectivity index is 1.85. The Morgan fingerprint density at radius 1 is 1.31 bits per heavy atom. The van der Waals surface area contributed by atoms with Crippen molar-refractivity contribution in [3.63, 3.8) is 0 Å². The second-order valence-corrected chi connectivity index (χ2v) is 7.67. The van der Waals surface area contributed by atoms with Crippen molar-refractivity contribution < 1.29 is 34.1 Å². The van der Waals surface area contributed by atoms with Gasteiger partial charge >= 0.3 is 5.97 Å². The minimum absolute atomic E-state index is 0.0198. The molecule has 0 aromatic heterocycles. The van der Waals surface area contributed by atoms with Crippen molar-refractivity contribution in [2.45, 2.75) is 51.2 Å². The smallest absolute Gasteiger partial charge is 0.305 e. The number of benzene rings is 1. The third-order valence-corrected chi connectivity index (χ3v) is 5.29. The zero-order valence-corrected chi connectivity index (χ0v) is 18.3. The molecule has 0 spiro atoms. The monoisotopic (exact) mass is 449 g/mol. The minimum atomic E-state index is -0.920. The lowest BCUT2D eigenvalue weighted by Crippen LogP contribution is -2.20. The van der Waals surface area contributed by atoms with Crippen molar-refractivity contribution in [3.05, 3.63) is 54.4 Å². The molecule has 8 heteroatoms. The van der Waals surface area contributed by atoms with Gasteiger partial charge in [-0.2, -0.15) is 0 Å². The molecule has 2 rings (SSSR count). The van der Waals surface area contributed by atoms with Gasteiger partial charge in [-0.3, -0.25) is 4.79 Å². The average molecular weight is 450 g/mol. The number of halogens is 1. The maximum atomic E-state index is 12.9. The third kappa shape index (κ3) is 8.43. The molecule has 0 heterocycles. The van der Waals surface area contributed by atoms with Crippen LogP contribution in [-0.2, 0) is 9.53 Å². The topological polar surface area (TPSA) is 109 Å². The first-order valence-corrected chi connectivity index (χ1v) is 10.9. The van der Waals surface area contributed by atoms with Crippen LogP contribution in [0.15, 0.2) is 53.7 Å². The summed E-state index contributed by atoms with van der Waals surface area (Å²) in [5.41, 5.74) is 0.459. The van der Waals surface area contributed by atoms with E-state index in [0.717, 1.165) is 6.42 Å². The number of carbonyl (C=O) groups is 1. The van der Waals surface area contributed by atoms with Crippen LogP contribution < -0.4 is 4.74 Å². The van der Waals surface area contributed by atoms with Gasteiger partial charge in [-0.25, -0.2) is 4.39 Å². The molecule has 3 N–H and O–H groups in total. The highest BCUT2D eigenvalue weighted by Crippen LogP contribution is 2.34. The summed E-state index contributed by atoms with van der Waals surface area (Å²) in [5, 5.41) is 33.2. The summed E-state index contributed by atoms with van der Waals surface area (Å²) in [7, 11) is 0. The second kappa shape index (κ2) is 13.6. The Labute approximate surface area is 187 Å². The summed E-state index contributed by atoms with van der Waals surface area (Å²) >= 11 is 0. The Hall–Kier alpha value is -2.71. The molecule has 1 fully saturated rings.